The third kappa shape index (κ3) is 3.06. The number of rotatable bonds is 2. The first kappa shape index (κ1) is 13.2. The Morgan fingerprint density at radius 3 is 2.19 bits per heavy atom. The standard InChI is InChI=1S/C8H18N4O3S/c1-3-10(2)8(13)11-4-6-12(7-5-11)16(9,14)15/h3-7H2,1-2H3,(H2,9,14,15). The molecule has 0 saturated carbocycles. The van der Waals surface area contributed by atoms with Crippen LogP contribution in [-0.4, -0.2) is 68.3 Å². The molecule has 1 fully saturated rings. The minimum absolute atomic E-state index is 0.0726. The highest BCUT2D eigenvalue weighted by Crippen LogP contribution is 2.06. The van der Waals surface area contributed by atoms with Gasteiger partial charge in [-0.25, -0.2) is 9.93 Å². The van der Waals surface area contributed by atoms with E-state index in [1.807, 2.05) is 6.92 Å². The van der Waals surface area contributed by atoms with Crippen LogP contribution in [0.3, 0.4) is 0 Å². The van der Waals surface area contributed by atoms with E-state index in [-0.39, 0.29) is 19.1 Å². The van der Waals surface area contributed by atoms with Crippen LogP contribution in [-0.2, 0) is 10.2 Å². The summed E-state index contributed by atoms with van der Waals surface area (Å²) in [5.41, 5.74) is 0. The largest absolute Gasteiger partial charge is 0.328 e. The molecule has 0 atom stereocenters. The van der Waals surface area contributed by atoms with Crippen LogP contribution < -0.4 is 5.14 Å². The van der Waals surface area contributed by atoms with Crippen molar-refractivity contribution in [2.45, 2.75) is 6.92 Å². The van der Waals surface area contributed by atoms with Crippen LogP contribution in [0.2, 0.25) is 0 Å². The Morgan fingerprint density at radius 1 is 1.31 bits per heavy atom. The second-order valence-corrected chi connectivity index (χ2v) is 5.27. The lowest BCUT2D eigenvalue weighted by atomic mass is 10.4. The zero-order valence-electron chi connectivity index (χ0n) is 9.59. The van der Waals surface area contributed by atoms with Crippen molar-refractivity contribution < 1.29 is 13.2 Å². The number of hydrogen-bond acceptors (Lipinski definition) is 3. The summed E-state index contributed by atoms with van der Waals surface area (Å²) < 4.78 is 23.3. The Hall–Kier alpha value is -0.860. The van der Waals surface area contributed by atoms with E-state index in [9.17, 15) is 13.2 Å². The molecular formula is C8H18N4O3S. The smallest absolute Gasteiger partial charge is 0.319 e. The third-order valence-electron chi connectivity index (χ3n) is 2.67. The molecule has 2 amide bonds. The fourth-order valence-electron chi connectivity index (χ4n) is 1.51. The second kappa shape index (κ2) is 4.98. The molecule has 0 bridgehead atoms. The molecule has 1 saturated heterocycles. The fourth-order valence-corrected chi connectivity index (χ4v) is 2.18. The van der Waals surface area contributed by atoms with E-state index in [1.165, 1.54) is 4.31 Å². The quantitative estimate of drug-likeness (QED) is 0.673. The number of hydrogen-bond donors (Lipinski definition) is 1. The molecular weight excluding hydrogens is 232 g/mol. The van der Waals surface area contributed by atoms with Gasteiger partial charge in [-0.15, -0.1) is 0 Å². The summed E-state index contributed by atoms with van der Waals surface area (Å²) >= 11 is 0. The van der Waals surface area contributed by atoms with Crippen molar-refractivity contribution in [2.75, 3.05) is 39.8 Å². The Kier molecular flexibility index (Phi) is 4.11. The monoisotopic (exact) mass is 250 g/mol. The topological polar surface area (TPSA) is 86.9 Å². The maximum Gasteiger partial charge on any atom is 0.319 e. The van der Waals surface area contributed by atoms with Gasteiger partial charge in [-0.2, -0.15) is 12.7 Å². The summed E-state index contributed by atoms with van der Waals surface area (Å²) in [4.78, 5) is 15.0. The summed E-state index contributed by atoms with van der Waals surface area (Å²) in [6.07, 6.45) is 0. The number of amides is 2. The normalized spacial score (nSPS) is 18.6. The van der Waals surface area contributed by atoms with Crippen molar-refractivity contribution in [1.29, 1.82) is 0 Å². The molecule has 0 aromatic carbocycles. The third-order valence-corrected chi connectivity index (χ3v) is 3.75. The van der Waals surface area contributed by atoms with Crippen LogP contribution in [0.15, 0.2) is 0 Å². The number of carbonyl (C=O) groups is 1. The first-order chi connectivity index (χ1) is 7.36. The predicted molar refractivity (Wildman–Crippen MR) is 60.0 cm³/mol. The van der Waals surface area contributed by atoms with Crippen LogP contribution in [0.1, 0.15) is 6.92 Å². The van der Waals surface area contributed by atoms with Crippen LogP contribution in [0.25, 0.3) is 0 Å². The van der Waals surface area contributed by atoms with Crippen molar-refractivity contribution >= 4 is 16.2 Å². The summed E-state index contributed by atoms with van der Waals surface area (Å²) in [5.74, 6) is 0. The fraction of sp³-hybridized carbons (Fsp3) is 0.875. The molecule has 0 spiro atoms. The molecule has 0 aromatic heterocycles. The first-order valence-corrected chi connectivity index (χ1v) is 6.64. The van der Waals surface area contributed by atoms with Crippen LogP contribution in [0.4, 0.5) is 4.79 Å². The minimum Gasteiger partial charge on any atom is -0.328 e. The highest BCUT2D eigenvalue weighted by molar-refractivity contribution is 7.86. The molecule has 1 aliphatic rings. The van der Waals surface area contributed by atoms with Crippen molar-refractivity contribution in [2.24, 2.45) is 5.14 Å². The Labute approximate surface area is 96.0 Å². The molecule has 1 aliphatic heterocycles. The summed E-state index contributed by atoms with van der Waals surface area (Å²) in [6.45, 7) is 3.83. The molecule has 2 N–H and O–H groups in total. The molecule has 16 heavy (non-hydrogen) atoms. The predicted octanol–water partition coefficient (Wildman–Crippen LogP) is -1.12. The maximum atomic E-state index is 11.7. The van der Waals surface area contributed by atoms with E-state index in [0.29, 0.717) is 19.6 Å². The van der Waals surface area contributed by atoms with Crippen molar-refractivity contribution in [1.82, 2.24) is 14.1 Å². The van der Waals surface area contributed by atoms with Gasteiger partial charge in [0.15, 0.2) is 0 Å². The lowest BCUT2D eigenvalue weighted by Crippen LogP contribution is -2.54. The van der Waals surface area contributed by atoms with Gasteiger partial charge in [0.05, 0.1) is 0 Å². The van der Waals surface area contributed by atoms with Gasteiger partial charge in [0.25, 0.3) is 10.2 Å². The average Bonchev–Trinajstić information content (AvgIpc) is 2.26. The number of carbonyl (C=O) groups excluding carboxylic acids is 1. The Morgan fingerprint density at radius 2 is 1.81 bits per heavy atom. The summed E-state index contributed by atoms with van der Waals surface area (Å²) in [6, 6.07) is -0.0726. The van der Waals surface area contributed by atoms with Crippen LogP contribution in [0.5, 0.6) is 0 Å². The van der Waals surface area contributed by atoms with Crippen molar-refractivity contribution in [3.05, 3.63) is 0 Å². The molecule has 0 unspecified atom stereocenters. The zero-order valence-corrected chi connectivity index (χ0v) is 10.4. The van der Waals surface area contributed by atoms with E-state index in [1.54, 1.807) is 16.8 Å². The molecule has 0 aromatic rings. The van der Waals surface area contributed by atoms with Crippen molar-refractivity contribution in [3.8, 4) is 0 Å². The molecule has 94 valence electrons. The summed E-state index contributed by atoms with van der Waals surface area (Å²) in [5, 5.41) is 5.00. The minimum atomic E-state index is -3.62. The van der Waals surface area contributed by atoms with E-state index >= 15 is 0 Å². The highest BCUT2D eigenvalue weighted by atomic mass is 32.2. The highest BCUT2D eigenvalue weighted by Gasteiger charge is 2.27. The number of piperazine rings is 1. The molecule has 1 rings (SSSR count). The SMILES string of the molecule is CCN(C)C(=O)N1CCN(S(N)(=O)=O)CC1. The van der Waals surface area contributed by atoms with Gasteiger partial charge in [0, 0.05) is 39.8 Å². The molecule has 0 radical (unpaired) electrons. The maximum absolute atomic E-state index is 11.7. The van der Waals surface area contributed by atoms with Crippen LogP contribution in [0, 0.1) is 0 Å². The van der Waals surface area contributed by atoms with E-state index < -0.39 is 10.2 Å². The average molecular weight is 250 g/mol. The Bertz CT molecular complexity index is 348. The van der Waals surface area contributed by atoms with Gasteiger partial charge in [0.1, 0.15) is 0 Å². The summed E-state index contributed by atoms with van der Waals surface area (Å²) in [7, 11) is -1.90. The van der Waals surface area contributed by atoms with E-state index in [4.69, 9.17) is 5.14 Å². The van der Waals surface area contributed by atoms with Gasteiger partial charge >= 0.3 is 6.03 Å². The number of urea groups is 1. The van der Waals surface area contributed by atoms with Crippen LogP contribution >= 0.6 is 0 Å². The van der Waals surface area contributed by atoms with Gasteiger partial charge < -0.3 is 9.80 Å². The van der Waals surface area contributed by atoms with Gasteiger partial charge in [-0.1, -0.05) is 0 Å². The number of nitrogens with zero attached hydrogens (tertiary/aromatic N) is 3. The van der Waals surface area contributed by atoms with Crippen molar-refractivity contribution in [3.63, 3.8) is 0 Å². The Balaban J connectivity index is 2.53. The number of nitrogens with two attached hydrogens (primary N) is 1. The lowest BCUT2D eigenvalue weighted by molar-refractivity contribution is 0.144. The molecule has 1 heterocycles. The van der Waals surface area contributed by atoms with E-state index in [2.05, 4.69) is 0 Å². The van der Waals surface area contributed by atoms with Gasteiger partial charge in [-0.05, 0) is 6.92 Å². The van der Waals surface area contributed by atoms with Gasteiger partial charge in [0.2, 0.25) is 0 Å². The lowest BCUT2D eigenvalue weighted by Gasteiger charge is -2.34. The zero-order chi connectivity index (χ0) is 12.3. The molecule has 0 aliphatic carbocycles. The van der Waals surface area contributed by atoms with Gasteiger partial charge in [-0.3, -0.25) is 0 Å². The van der Waals surface area contributed by atoms with E-state index in [0.717, 1.165) is 0 Å². The first-order valence-electron chi connectivity index (χ1n) is 5.14. The molecule has 7 nitrogen and oxygen atoms in total. The molecule has 8 heteroatoms. The second-order valence-electron chi connectivity index (χ2n) is 3.73.